The quantitative estimate of drug-likeness (QED) is 0.713. The number of hydrogen-bond donors (Lipinski definition) is 1. The van der Waals surface area contributed by atoms with Crippen LogP contribution in [0.5, 0.6) is 0 Å². The largest absolute Gasteiger partial charge is 0.352 e. The van der Waals surface area contributed by atoms with Gasteiger partial charge in [-0.3, -0.25) is 9.48 Å². The van der Waals surface area contributed by atoms with Crippen LogP contribution in [0.15, 0.2) is 41.6 Å². The van der Waals surface area contributed by atoms with Gasteiger partial charge in [-0.25, -0.2) is 8.42 Å². The minimum Gasteiger partial charge on any atom is -0.352 e. The predicted molar refractivity (Wildman–Crippen MR) is 100 cm³/mol. The lowest BCUT2D eigenvalue weighted by Gasteiger charge is -2.21. The molecule has 7 nitrogen and oxygen atoms in total. The van der Waals surface area contributed by atoms with Crippen LogP contribution < -0.4 is 5.32 Å². The summed E-state index contributed by atoms with van der Waals surface area (Å²) in [5.74, 6) is -0.220. The first-order valence-corrected chi connectivity index (χ1v) is 10.0. The van der Waals surface area contributed by atoms with E-state index in [4.69, 9.17) is 0 Å². The third-order valence-corrected chi connectivity index (χ3v) is 6.18. The van der Waals surface area contributed by atoms with Crippen LogP contribution in [0.2, 0.25) is 0 Å². The van der Waals surface area contributed by atoms with Gasteiger partial charge in [0.2, 0.25) is 10.0 Å². The molecule has 0 atom stereocenters. The second-order valence-corrected chi connectivity index (χ2v) is 8.53. The average Bonchev–Trinajstić information content (AvgIpc) is 3.03. The predicted octanol–water partition coefficient (Wildman–Crippen LogP) is 2.04. The van der Waals surface area contributed by atoms with Crippen LogP contribution in [0.3, 0.4) is 0 Å². The maximum atomic E-state index is 12.4. The van der Waals surface area contributed by atoms with E-state index in [2.05, 4.69) is 10.4 Å². The maximum Gasteiger partial charge on any atom is 0.251 e. The number of nitrogens with one attached hydrogen (secondary N) is 1. The van der Waals surface area contributed by atoms with Gasteiger partial charge in [0.15, 0.2) is 0 Å². The molecule has 1 heterocycles. The number of aryl methyl sites for hydroxylation is 2. The zero-order chi connectivity index (χ0) is 19.3. The van der Waals surface area contributed by atoms with Crippen LogP contribution in [-0.2, 0) is 16.6 Å². The van der Waals surface area contributed by atoms with Crippen molar-refractivity contribution in [1.82, 2.24) is 19.4 Å². The molecule has 26 heavy (non-hydrogen) atoms. The van der Waals surface area contributed by atoms with Gasteiger partial charge in [0.05, 0.1) is 11.1 Å². The second kappa shape index (κ2) is 8.46. The summed E-state index contributed by atoms with van der Waals surface area (Å²) in [6.45, 7) is 6.85. The number of aromatic nitrogens is 2. The van der Waals surface area contributed by atoms with Gasteiger partial charge in [0, 0.05) is 37.9 Å². The fourth-order valence-electron chi connectivity index (χ4n) is 2.36. The maximum absolute atomic E-state index is 12.4. The molecule has 0 bridgehead atoms. The first-order valence-electron chi connectivity index (χ1n) is 8.57. The lowest BCUT2D eigenvalue weighted by molar-refractivity contribution is 0.0952. The van der Waals surface area contributed by atoms with Gasteiger partial charge >= 0.3 is 0 Å². The number of amides is 1. The summed E-state index contributed by atoms with van der Waals surface area (Å²) < 4.78 is 28.0. The molecule has 8 heteroatoms. The van der Waals surface area contributed by atoms with Gasteiger partial charge in [-0.05, 0) is 57.0 Å². The van der Waals surface area contributed by atoms with Gasteiger partial charge < -0.3 is 5.32 Å². The molecule has 0 fully saturated rings. The van der Waals surface area contributed by atoms with Crippen molar-refractivity contribution >= 4 is 15.9 Å². The Labute approximate surface area is 155 Å². The SMILES string of the molecule is Cc1cnn(CCCNC(=O)c2ccc(S(=O)(=O)N(C)C(C)C)cc2)c1. The van der Waals surface area contributed by atoms with Gasteiger partial charge in [0.25, 0.3) is 5.91 Å². The van der Waals surface area contributed by atoms with E-state index in [9.17, 15) is 13.2 Å². The normalized spacial score (nSPS) is 11.9. The fraction of sp³-hybridized carbons (Fsp3) is 0.444. The Balaban J connectivity index is 1.90. The van der Waals surface area contributed by atoms with Gasteiger partial charge in [-0.1, -0.05) is 0 Å². The summed E-state index contributed by atoms with van der Waals surface area (Å²) in [5.41, 5.74) is 1.54. The second-order valence-electron chi connectivity index (χ2n) is 6.53. The topological polar surface area (TPSA) is 84.3 Å². The molecule has 0 aliphatic heterocycles. The summed E-state index contributed by atoms with van der Waals surface area (Å²) in [4.78, 5) is 12.3. The van der Waals surface area contributed by atoms with E-state index in [1.807, 2.05) is 31.6 Å². The monoisotopic (exact) mass is 378 g/mol. The van der Waals surface area contributed by atoms with E-state index in [1.165, 1.54) is 28.6 Å². The Hall–Kier alpha value is -2.19. The van der Waals surface area contributed by atoms with E-state index < -0.39 is 10.0 Å². The number of carbonyl (C=O) groups is 1. The highest BCUT2D eigenvalue weighted by Gasteiger charge is 2.23. The number of rotatable bonds is 8. The molecule has 1 N–H and O–H groups in total. The lowest BCUT2D eigenvalue weighted by atomic mass is 10.2. The van der Waals surface area contributed by atoms with Crippen LogP contribution in [0.4, 0.5) is 0 Å². The molecule has 142 valence electrons. The van der Waals surface area contributed by atoms with E-state index in [-0.39, 0.29) is 16.8 Å². The van der Waals surface area contributed by atoms with Crippen LogP contribution in [0.25, 0.3) is 0 Å². The van der Waals surface area contributed by atoms with Gasteiger partial charge in [-0.2, -0.15) is 9.40 Å². The molecule has 2 rings (SSSR count). The molecule has 0 aliphatic carbocycles. The van der Waals surface area contributed by atoms with Gasteiger partial charge in [-0.15, -0.1) is 0 Å². The van der Waals surface area contributed by atoms with E-state index in [0.29, 0.717) is 12.1 Å². The van der Waals surface area contributed by atoms with Crippen LogP contribution >= 0.6 is 0 Å². The Kier molecular flexibility index (Phi) is 6.55. The van der Waals surface area contributed by atoms with Crippen molar-refractivity contribution in [3.05, 3.63) is 47.8 Å². The summed E-state index contributed by atoms with van der Waals surface area (Å²) in [7, 11) is -1.99. The number of benzene rings is 1. The Morgan fingerprint density at radius 2 is 1.92 bits per heavy atom. The molecule has 0 aliphatic rings. The highest BCUT2D eigenvalue weighted by Crippen LogP contribution is 2.17. The Bertz CT molecular complexity index is 842. The van der Waals surface area contributed by atoms with Crippen molar-refractivity contribution in [1.29, 1.82) is 0 Å². The van der Waals surface area contributed by atoms with Crippen molar-refractivity contribution in [3.8, 4) is 0 Å². The first-order chi connectivity index (χ1) is 12.2. The summed E-state index contributed by atoms with van der Waals surface area (Å²) in [6.07, 6.45) is 4.51. The van der Waals surface area contributed by atoms with Crippen LogP contribution in [0.1, 0.15) is 36.2 Å². The van der Waals surface area contributed by atoms with Crippen molar-refractivity contribution < 1.29 is 13.2 Å². The minimum atomic E-state index is -3.54. The third kappa shape index (κ3) is 4.92. The van der Waals surface area contributed by atoms with Crippen molar-refractivity contribution in [2.24, 2.45) is 0 Å². The Morgan fingerprint density at radius 1 is 1.27 bits per heavy atom. The van der Waals surface area contributed by atoms with Crippen molar-refractivity contribution in [3.63, 3.8) is 0 Å². The molecule has 1 aromatic heterocycles. The molecule has 0 saturated carbocycles. The molecule has 0 spiro atoms. The molecule has 1 amide bonds. The zero-order valence-electron chi connectivity index (χ0n) is 15.6. The van der Waals surface area contributed by atoms with Crippen molar-refractivity contribution in [2.45, 2.75) is 44.7 Å². The number of hydrogen-bond acceptors (Lipinski definition) is 4. The van der Waals surface area contributed by atoms with Gasteiger partial charge in [0.1, 0.15) is 0 Å². The van der Waals surface area contributed by atoms with Crippen molar-refractivity contribution in [2.75, 3.05) is 13.6 Å². The van der Waals surface area contributed by atoms with E-state index in [1.54, 1.807) is 13.2 Å². The summed E-state index contributed by atoms with van der Waals surface area (Å²) >= 11 is 0. The first kappa shape index (κ1) is 20.1. The highest BCUT2D eigenvalue weighted by molar-refractivity contribution is 7.89. The fourth-order valence-corrected chi connectivity index (χ4v) is 3.72. The summed E-state index contributed by atoms with van der Waals surface area (Å²) in [6, 6.07) is 5.87. The molecule has 0 unspecified atom stereocenters. The number of nitrogens with zero attached hydrogens (tertiary/aromatic N) is 3. The molecule has 1 aromatic carbocycles. The number of sulfonamides is 1. The van der Waals surface area contributed by atoms with E-state index in [0.717, 1.165) is 18.5 Å². The van der Waals surface area contributed by atoms with Crippen LogP contribution in [0, 0.1) is 6.92 Å². The molecule has 0 saturated heterocycles. The summed E-state index contributed by atoms with van der Waals surface area (Å²) in [5, 5.41) is 7.03. The molecule has 2 aromatic rings. The molecular formula is C18H26N4O3S. The minimum absolute atomic E-state index is 0.137. The highest BCUT2D eigenvalue weighted by atomic mass is 32.2. The standard InChI is InChI=1S/C18H26N4O3S/c1-14(2)21(4)26(24,25)17-8-6-16(7-9-17)18(23)19-10-5-11-22-13-15(3)12-20-22/h6-9,12-14H,5,10-11H2,1-4H3,(H,19,23). The van der Waals surface area contributed by atoms with Crippen LogP contribution in [-0.4, -0.2) is 48.0 Å². The molecule has 0 radical (unpaired) electrons. The van der Waals surface area contributed by atoms with E-state index >= 15 is 0 Å². The average molecular weight is 378 g/mol. The zero-order valence-corrected chi connectivity index (χ0v) is 16.5. The lowest BCUT2D eigenvalue weighted by Crippen LogP contribution is -2.33. The Morgan fingerprint density at radius 3 is 2.46 bits per heavy atom. The third-order valence-electron chi connectivity index (χ3n) is 4.13. The smallest absolute Gasteiger partial charge is 0.251 e. The number of carbonyl (C=O) groups excluding carboxylic acids is 1. The molecular weight excluding hydrogens is 352 g/mol.